The number of benzene rings is 1. The summed E-state index contributed by atoms with van der Waals surface area (Å²) in [6.07, 6.45) is 2.30. The van der Waals surface area contributed by atoms with Gasteiger partial charge in [-0.3, -0.25) is 0 Å². The molecular formula is C13H18BrClO. The fourth-order valence-corrected chi connectivity index (χ4v) is 2.10. The molecule has 1 nitrogen and oxygen atoms in total. The fraction of sp³-hybridized carbons (Fsp3) is 0.538. The first-order chi connectivity index (χ1) is 7.63. The van der Waals surface area contributed by atoms with Crippen LogP contribution >= 0.6 is 27.5 Å². The Kier molecular flexibility index (Phi) is 6.22. The second kappa shape index (κ2) is 7.18. The largest absolute Gasteiger partial charge is 0.493 e. The van der Waals surface area contributed by atoms with Crippen LogP contribution in [0.2, 0.25) is 5.02 Å². The van der Waals surface area contributed by atoms with Crippen molar-refractivity contribution in [1.29, 1.82) is 0 Å². The minimum absolute atomic E-state index is 0.740. The molecule has 0 heterocycles. The summed E-state index contributed by atoms with van der Waals surface area (Å²) < 4.78 is 5.74. The predicted molar refractivity (Wildman–Crippen MR) is 73.7 cm³/mol. The summed E-state index contributed by atoms with van der Waals surface area (Å²) in [5.41, 5.74) is 1.11. The third kappa shape index (κ3) is 4.75. The van der Waals surface area contributed by atoms with Gasteiger partial charge in [-0.05, 0) is 37.0 Å². The van der Waals surface area contributed by atoms with Crippen molar-refractivity contribution in [3.63, 3.8) is 0 Å². The van der Waals surface area contributed by atoms with Gasteiger partial charge in [0.15, 0.2) is 0 Å². The Morgan fingerprint density at radius 3 is 2.75 bits per heavy atom. The topological polar surface area (TPSA) is 9.23 Å². The Bertz CT molecular complexity index is 326. The maximum absolute atomic E-state index is 5.92. The lowest BCUT2D eigenvalue weighted by atomic mass is 10.1. The fourth-order valence-electron chi connectivity index (χ4n) is 1.47. The quantitative estimate of drug-likeness (QED) is 0.528. The van der Waals surface area contributed by atoms with Gasteiger partial charge in [-0.2, -0.15) is 0 Å². The first-order valence-electron chi connectivity index (χ1n) is 5.60. The van der Waals surface area contributed by atoms with E-state index in [-0.39, 0.29) is 0 Å². The zero-order valence-corrected chi connectivity index (χ0v) is 12.1. The molecule has 0 saturated heterocycles. The second-order valence-electron chi connectivity index (χ2n) is 4.27. The summed E-state index contributed by atoms with van der Waals surface area (Å²) >= 11 is 9.36. The van der Waals surface area contributed by atoms with E-state index >= 15 is 0 Å². The summed E-state index contributed by atoms with van der Waals surface area (Å²) in [6, 6.07) is 5.74. The molecular weight excluding hydrogens is 287 g/mol. The molecule has 90 valence electrons. The normalized spacial score (nSPS) is 10.8. The molecule has 0 radical (unpaired) electrons. The zero-order chi connectivity index (χ0) is 12.0. The Morgan fingerprint density at radius 1 is 1.38 bits per heavy atom. The second-order valence-corrected chi connectivity index (χ2v) is 5.27. The number of hydrogen-bond donors (Lipinski definition) is 0. The van der Waals surface area contributed by atoms with Crippen LogP contribution in [0.3, 0.4) is 0 Å². The van der Waals surface area contributed by atoms with Crippen LogP contribution in [0.15, 0.2) is 18.2 Å². The molecule has 1 aromatic carbocycles. The third-order valence-corrected chi connectivity index (χ3v) is 3.19. The molecule has 0 spiro atoms. The van der Waals surface area contributed by atoms with Gasteiger partial charge in [0, 0.05) is 15.9 Å². The van der Waals surface area contributed by atoms with Crippen molar-refractivity contribution in [2.45, 2.75) is 32.0 Å². The molecule has 0 saturated carbocycles. The Balaban J connectivity index is 2.47. The van der Waals surface area contributed by atoms with E-state index < -0.39 is 0 Å². The van der Waals surface area contributed by atoms with Crippen LogP contribution < -0.4 is 4.74 Å². The zero-order valence-electron chi connectivity index (χ0n) is 9.80. The summed E-state index contributed by atoms with van der Waals surface area (Å²) in [5.74, 6) is 1.68. The highest BCUT2D eigenvalue weighted by atomic mass is 79.9. The first kappa shape index (κ1) is 13.9. The van der Waals surface area contributed by atoms with E-state index in [2.05, 4.69) is 29.8 Å². The van der Waals surface area contributed by atoms with Crippen molar-refractivity contribution in [3.8, 4) is 5.75 Å². The van der Waals surface area contributed by atoms with Gasteiger partial charge in [-0.25, -0.2) is 0 Å². The minimum Gasteiger partial charge on any atom is -0.493 e. The molecule has 0 aromatic heterocycles. The number of alkyl halides is 1. The van der Waals surface area contributed by atoms with Gasteiger partial charge in [-0.1, -0.05) is 41.4 Å². The lowest BCUT2D eigenvalue weighted by Gasteiger charge is -2.11. The predicted octanol–water partition coefficient (Wildman–Crippen LogP) is 5.05. The summed E-state index contributed by atoms with van der Waals surface area (Å²) in [4.78, 5) is 0. The van der Waals surface area contributed by atoms with Crippen molar-refractivity contribution in [3.05, 3.63) is 28.8 Å². The van der Waals surface area contributed by atoms with Crippen molar-refractivity contribution in [2.75, 3.05) is 6.61 Å². The van der Waals surface area contributed by atoms with Gasteiger partial charge < -0.3 is 4.74 Å². The van der Waals surface area contributed by atoms with Gasteiger partial charge in [0.1, 0.15) is 5.75 Å². The summed E-state index contributed by atoms with van der Waals surface area (Å²) in [7, 11) is 0. The number of ether oxygens (including phenoxy) is 1. The van der Waals surface area contributed by atoms with E-state index in [1.165, 1.54) is 6.42 Å². The third-order valence-electron chi connectivity index (χ3n) is 2.35. The van der Waals surface area contributed by atoms with Crippen LogP contribution in [0.25, 0.3) is 0 Å². The average Bonchev–Trinajstić information content (AvgIpc) is 2.25. The van der Waals surface area contributed by atoms with Gasteiger partial charge in [0.25, 0.3) is 0 Å². The molecule has 0 aliphatic carbocycles. The lowest BCUT2D eigenvalue weighted by Crippen LogP contribution is -2.01. The number of hydrogen-bond acceptors (Lipinski definition) is 1. The highest BCUT2D eigenvalue weighted by molar-refractivity contribution is 9.08. The van der Waals surface area contributed by atoms with Crippen molar-refractivity contribution in [2.24, 2.45) is 5.92 Å². The highest BCUT2D eigenvalue weighted by Gasteiger charge is 2.03. The lowest BCUT2D eigenvalue weighted by molar-refractivity contribution is 0.296. The molecule has 3 heteroatoms. The molecule has 0 bridgehead atoms. The molecule has 0 fully saturated rings. The molecule has 0 amide bonds. The molecule has 1 aromatic rings. The first-order valence-corrected chi connectivity index (χ1v) is 7.10. The molecule has 0 atom stereocenters. The van der Waals surface area contributed by atoms with E-state index in [0.29, 0.717) is 0 Å². The van der Waals surface area contributed by atoms with Crippen molar-refractivity contribution < 1.29 is 4.74 Å². The SMILES string of the molecule is CC(C)CCCOc1ccc(Cl)cc1CBr. The van der Waals surface area contributed by atoms with Gasteiger partial charge >= 0.3 is 0 Å². The van der Waals surface area contributed by atoms with Gasteiger partial charge in [0.05, 0.1) is 6.61 Å². The smallest absolute Gasteiger partial charge is 0.123 e. The van der Waals surface area contributed by atoms with Crippen LogP contribution in [0.4, 0.5) is 0 Å². The highest BCUT2D eigenvalue weighted by Crippen LogP contribution is 2.25. The van der Waals surface area contributed by atoms with Gasteiger partial charge in [-0.15, -0.1) is 0 Å². The molecule has 0 aliphatic heterocycles. The summed E-state index contributed by atoms with van der Waals surface area (Å²) in [6.45, 7) is 5.23. The maximum atomic E-state index is 5.92. The van der Waals surface area contributed by atoms with Crippen LogP contribution in [-0.2, 0) is 5.33 Å². The minimum atomic E-state index is 0.740. The molecule has 1 rings (SSSR count). The van der Waals surface area contributed by atoms with E-state index in [0.717, 1.165) is 40.6 Å². The Labute approximate surface area is 111 Å². The number of halogens is 2. The van der Waals surface area contributed by atoms with Crippen molar-refractivity contribution in [1.82, 2.24) is 0 Å². The van der Waals surface area contributed by atoms with Crippen molar-refractivity contribution >= 4 is 27.5 Å². The number of rotatable bonds is 6. The molecule has 0 N–H and O–H groups in total. The average molecular weight is 306 g/mol. The van der Waals surface area contributed by atoms with Crippen LogP contribution in [0, 0.1) is 5.92 Å². The molecule has 16 heavy (non-hydrogen) atoms. The van der Waals surface area contributed by atoms with Gasteiger partial charge in [0.2, 0.25) is 0 Å². The monoisotopic (exact) mass is 304 g/mol. The molecule has 0 aliphatic rings. The van der Waals surface area contributed by atoms with Crippen LogP contribution in [0.1, 0.15) is 32.3 Å². The Hall–Kier alpha value is -0.210. The standard InChI is InChI=1S/C13H18BrClO/c1-10(2)4-3-7-16-13-6-5-12(15)8-11(13)9-14/h5-6,8,10H,3-4,7,9H2,1-2H3. The van der Waals surface area contributed by atoms with Crippen LogP contribution in [-0.4, -0.2) is 6.61 Å². The molecule has 0 unspecified atom stereocenters. The Morgan fingerprint density at radius 2 is 2.12 bits per heavy atom. The van der Waals surface area contributed by atoms with E-state index in [1.807, 2.05) is 18.2 Å². The van der Waals surface area contributed by atoms with E-state index in [1.54, 1.807) is 0 Å². The van der Waals surface area contributed by atoms with E-state index in [4.69, 9.17) is 16.3 Å². The summed E-state index contributed by atoms with van der Waals surface area (Å²) in [5, 5.41) is 1.52. The van der Waals surface area contributed by atoms with E-state index in [9.17, 15) is 0 Å². The maximum Gasteiger partial charge on any atom is 0.123 e. The van der Waals surface area contributed by atoms with Crippen LogP contribution in [0.5, 0.6) is 5.75 Å².